The number of nitrogens with zero attached hydrogens (tertiary/aromatic N) is 1. The molecule has 0 fully saturated rings. The Hall–Kier alpha value is -4.64. The lowest BCUT2D eigenvalue weighted by molar-refractivity contribution is -0.118. The molecule has 0 aliphatic heterocycles. The predicted octanol–water partition coefficient (Wildman–Crippen LogP) is 3.22. The molecular formula is C37H39IN2O11. The smallest absolute Gasteiger partial charge is 0.349 e. The van der Waals surface area contributed by atoms with Crippen molar-refractivity contribution in [2.45, 2.75) is 37.7 Å². The molecule has 51 heavy (non-hydrogen) atoms. The Balaban J connectivity index is 1.60. The van der Waals surface area contributed by atoms with Crippen LogP contribution >= 0.6 is 22.6 Å². The molecule has 1 heterocycles. The third kappa shape index (κ3) is 8.47. The second-order valence-electron chi connectivity index (χ2n) is 11.7. The molecule has 13 nitrogen and oxygen atoms in total. The highest BCUT2D eigenvalue weighted by Gasteiger charge is 2.42. The molecule has 0 spiro atoms. The molecule has 0 bridgehead atoms. The van der Waals surface area contributed by atoms with E-state index in [1.807, 2.05) is 22.6 Å². The number of nitrogens with one attached hydrogen (secondary N) is 1. The Bertz CT molecular complexity index is 1980. The first-order chi connectivity index (χ1) is 24.6. The standard InChI is InChI=1S/C37H39IN2O11/c1-47-25-8-9-29(48-2)23(16-25)10-12-40(36(45)26-17-22-6-4-5-7-30(22)51-37(26)46)28-18-24(35(44)39-11-13-41)19-31(33(28)43)50-34-27(38)14-21(20-42)15-32(34)49-3/h4-9,14-17,19,28,31,33,41-43H,10-13,18,20H2,1-3H3,(H,39,44). The van der Waals surface area contributed by atoms with E-state index in [1.54, 1.807) is 54.6 Å². The maximum absolute atomic E-state index is 14.6. The van der Waals surface area contributed by atoms with Crippen molar-refractivity contribution in [3.63, 3.8) is 0 Å². The summed E-state index contributed by atoms with van der Waals surface area (Å²) in [5.41, 5.74) is 0.641. The van der Waals surface area contributed by atoms with Gasteiger partial charge in [-0.1, -0.05) is 18.2 Å². The van der Waals surface area contributed by atoms with Gasteiger partial charge in [0.2, 0.25) is 5.91 Å². The van der Waals surface area contributed by atoms with Gasteiger partial charge < -0.3 is 48.9 Å². The average Bonchev–Trinajstić information content (AvgIpc) is 3.14. The third-order valence-electron chi connectivity index (χ3n) is 8.58. The number of halogens is 1. The van der Waals surface area contributed by atoms with Crippen molar-refractivity contribution in [1.82, 2.24) is 10.2 Å². The lowest BCUT2D eigenvalue weighted by Gasteiger charge is -2.40. The van der Waals surface area contributed by atoms with E-state index in [2.05, 4.69) is 5.32 Å². The maximum atomic E-state index is 14.6. The van der Waals surface area contributed by atoms with Crippen LogP contribution in [0.5, 0.6) is 23.0 Å². The Morgan fingerprint density at radius 3 is 2.47 bits per heavy atom. The highest BCUT2D eigenvalue weighted by molar-refractivity contribution is 14.1. The zero-order chi connectivity index (χ0) is 36.7. The molecule has 270 valence electrons. The lowest BCUT2D eigenvalue weighted by atomic mass is 9.87. The average molecular weight is 815 g/mol. The Morgan fingerprint density at radius 1 is 1.00 bits per heavy atom. The number of aliphatic hydroxyl groups is 3. The van der Waals surface area contributed by atoms with Gasteiger partial charge in [-0.3, -0.25) is 9.59 Å². The van der Waals surface area contributed by atoms with E-state index in [-0.39, 0.29) is 61.8 Å². The fourth-order valence-corrected chi connectivity index (χ4v) is 6.79. The Labute approximate surface area is 307 Å². The van der Waals surface area contributed by atoms with E-state index >= 15 is 0 Å². The van der Waals surface area contributed by atoms with E-state index in [1.165, 1.54) is 38.4 Å². The molecule has 0 saturated carbocycles. The van der Waals surface area contributed by atoms with Crippen molar-refractivity contribution in [1.29, 1.82) is 0 Å². The number of aliphatic hydroxyl groups excluding tert-OH is 3. The predicted molar refractivity (Wildman–Crippen MR) is 195 cm³/mol. The summed E-state index contributed by atoms with van der Waals surface area (Å²) in [7, 11) is 4.49. The number of carbonyl (C=O) groups excluding carboxylic acids is 2. The molecule has 3 aromatic carbocycles. The van der Waals surface area contributed by atoms with E-state index in [0.717, 1.165) is 0 Å². The minimum absolute atomic E-state index is 0.0271. The third-order valence-corrected chi connectivity index (χ3v) is 9.38. The molecule has 4 N–H and O–H groups in total. The van der Waals surface area contributed by atoms with E-state index in [9.17, 15) is 29.7 Å². The van der Waals surface area contributed by atoms with Gasteiger partial charge in [0.1, 0.15) is 34.9 Å². The molecule has 3 atom stereocenters. The fourth-order valence-electron chi connectivity index (χ4n) is 6.00. The molecular weight excluding hydrogens is 775 g/mol. The molecule has 5 rings (SSSR count). The van der Waals surface area contributed by atoms with Gasteiger partial charge in [0, 0.05) is 30.5 Å². The number of methoxy groups -OCH3 is 3. The number of amides is 2. The quantitative estimate of drug-likeness (QED) is 0.109. The number of fused-ring (bicyclic) bond motifs is 1. The molecule has 0 saturated heterocycles. The topological polar surface area (TPSA) is 177 Å². The summed E-state index contributed by atoms with van der Waals surface area (Å²) in [6.45, 7) is -0.601. The largest absolute Gasteiger partial charge is 0.497 e. The van der Waals surface area contributed by atoms with Gasteiger partial charge in [-0.25, -0.2) is 4.79 Å². The van der Waals surface area contributed by atoms with Crippen molar-refractivity contribution in [2.75, 3.05) is 41.0 Å². The number of carbonyl (C=O) groups is 2. The molecule has 3 unspecified atom stereocenters. The minimum atomic E-state index is -1.42. The molecule has 4 aromatic rings. The summed E-state index contributed by atoms with van der Waals surface area (Å²) in [5, 5.41) is 34.3. The summed E-state index contributed by atoms with van der Waals surface area (Å²) in [6, 6.07) is 15.7. The summed E-state index contributed by atoms with van der Waals surface area (Å²) < 4.78 is 29.0. The number of hydrogen-bond acceptors (Lipinski definition) is 11. The van der Waals surface area contributed by atoms with Gasteiger partial charge in [0.15, 0.2) is 11.5 Å². The highest BCUT2D eigenvalue weighted by Crippen LogP contribution is 2.37. The second kappa shape index (κ2) is 17.0. The maximum Gasteiger partial charge on any atom is 0.349 e. The van der Waals surface area contributed by atoms with Gasteiger partial charge in [0.25, 0.3) is 5.91 Å². The molecule has 1 aliphatic rings. The lowest BCUT2D eigenvalue weighted by Crippen LogP contribution is -2.56. The first kappa shape index (κ1) is 37.6. The SMILES string of the molecule is COc1ccc(OC)c(CCN(C(=O)c2cc3ccccc3oc2=O)C2CC(C(=O)NCCO)=CC(Oc3c(I)cc(CO)cc3OC)C2O)c1. The van der Waals surface area contributed by atoms with Crippen LogP contribution < -0.4 is 29.9 Å². The Morgan fingerprint density at radius 2 is 1.76 bits per heavy atom. The van der Waals surface area contributed by atoms with Crippen molar-refractivity contribution < 1.29 is 48.3 Å². The molecule has 14 heteroatoms. The number of rotatable bonds is 14. The van der Waals surface area contributed by atoms with Crippen LogP contribution in [0.25, 0.3) is 11.0 Å². The van der Waals surface area contributed by atoms with Gasteiger partial charge >= 0.3 is 5.63 Å². The van der Waals surface area contributed by atoms with E-state index in [4.69, 9.17) is 23.4 Å². The van der Waals surface area contributed by atoms with Crippen LogP contribution in [0.4, 0.5) is 0 Å². The number of ether oxygens (including phenoxy) is 4. The van der Waals surface area contributed by atoms with Crippen LogP contribution in [-0.4, -0.2) is 91.3 Å². The summed E-state index contributed by atoms with van der Waals surface area (Å²) in [4.78, 5) is 42.6. The van der Waals surface area contributed by atoms with Crippen LogP contribution in [0.3, 0.4) is 0 Å². The normalized spacial score (nSPS) is 17.0. The van der Waals surface area contributed by atoms with E-state index < -0.39 is 35.7 Å². The Kier molecular flexibility index (Phi) is 12.6. The molecule has 1 aromatic heterocycles. The zero-order valence-electron chi connectivity index (χ0n) is 28.3. The van der Waals surface area contributed by atoms with Crippen molar-refractivity contribution >= 4 is 45.4 Å². The fraction of sp³-hybridized carbons (Fsp3) is 0.324. The molecule has 1 aliphatic carbocycles. The van der Waals surface area contributed by atoms with Crippen LogP contribution in [-0.2, 0) is 17.8 Å². The molecule has 2 amide bonds. The van der Waals surface area contributed by atoms with Crippen LogP contribution in [0.1, 0.15) is 27.9 Å². The summed E-state index contributed by atoms with van der Waals surface area (Å²) in [5.74, 6) is 0.379. The zero-order valence-corrected chi connectivity index (χ0v) is 30.4. The number of para-hydroxylation sites is 1. The van der Waals surface area contributed by atoms with Crippen LogP contribution in [0.2, 0.25) is 0 Å². The second-order valence-corrected chi connectivity index (χ2v) is 12.9. The van der Waals surface area contributed by atoms with Crippen LogP contribution in [0, 0.1) is 3.57 Å². The van der Waals surface area contributed by atoms with Crippen molar-refractivity contribution in [2.24, 2.45) is 0 Å². The number of benzene rings is 3. The van der Waals surface area contributed by atoms with Gasteiger partial charge in [-0.05, 0) is 88.7 Å². The van der Waals surface area contributed by atoms with Gasteiger partial charge in [-0.15, -0.1) is 0 Å². The monoisotopic (exact) mass is 814 g/mol. The number of hydrogen-bond donors (Lipinski definition) is 4. The first-order valence-electron chi connectivity index (χ1n) is 16.1. The highest BCUT2D eigenvalue weighted by atomic mass is 127. The van der Waals surface area contributed by atoms with Crippen LogP contribution in [0.15, 0.2) is 81.5 Å². The van der Waals surface area contributed by atoms with Gasteiger partial charge in [0.05, 0.1) is 44.2 Å². The minimum Gasteiger partial charge on any atom is -0.497 e. The van der Waals surface area contributed by atoms with Crippen molar-refractivity contribution in [3.8, 4) is 23.0 Å². The summed E-state index contributed by atoms with van der Waals surface area (Å²) >= 11 is 2.02. The first-order valence-corrected chi connectivity index (χ1v) is 17.2. The molecule has 0 radical (unpaired) electrons. The van der Waals surface area contributed by atoms with E-state index in [0.29, 0.717) is 37.2 Å². The van der Waals surface area contributed by atoms with Crippen molar-refractivity contribution in [3.05, 3.63) is 103 Å². The van der Waals surface area contributed by atoms with Gasteiger partial charge in [-0.2, -0.15) is 0 Å². The summed E-state index contributed by atoms with van der Waals surface area (Å²) in [6.07, 6.45) is -1.03.